The number of amides is 1. The molecule has 0 aliphatic heterocycles. The second-order valence-electron chi connectivity index (χ2n) is 5.16. The van der Waals surface area contributed by atoms with Crippen molar-refractivity contribution in [1.82, 2.24) is 15.3 Å². The molecule has 22 heavy (non-hydrogen) atoms. The molecule has 0 aliphatic carbocycles. The van der Waals surface area contributed by atoms with Crippen LogP contribution in [0.2, 0.25) is 5.02 Å². The number of hydrogen-bond acceptors (Lipinski definition) is 4. The maximum atomic E-state index is 12.1. The van der Waals surface area contributed by atoms with Crippen molar-refractivity contribution in [3.63, 3.8) is 0 Å². The summed E-state index contributed by atoms with van der Waals surface area (Å²) in [4.78, 5) is 20.3. The van der Waals surface area contributed by atoms with Gasteiger partial charge in [0.05, 0.1) is 0 Å². The Morgan fingerprint density at radius 2 is 2.09 bits per heavy atom. The Kier molecular flexibility index (Phi) is 5.33. The molecule has 1 aromatic carbocycles. The molecular formula is C16H19ClN4O. The fourth-order valence-corrected chi connectivity index (χ4v) is 1.99. The van der Waals surface area contributed by atoms with Crippen molar-refractivity contribution in [2.45, 2.75) is 33.2 Å². The number of benzene rings is 1. The molecule has 1 unspecified atom stereocenters. The average Bonchev–Trinajstić information content (AvgIpc) is 2.51. The van der Waals surface area contributed by atoms with Crippen LogP contribution < -0.4 is 10.6 Å². The first kappa shape index (κ1) is 16.2. The summed E-state index contributed by atoms with van der Waals surface area (Å²) in [7, 11) is 0. The summed E-state index contributed by atoms with van der Waals surface area (Å²) in [5, 5.41) is 6.68. The van der Waals surface area contributed by atoms with Crippen molar-refractivity contribution in [3.8, 4) is 0 Å². The van der Waals surface area contributed by atoms with Gasteiger partial charge in [0.15, 0.2) is 0 Å². The molecule has 5 nitrogen and oxygen atoms in total. The maximum Gasteiger partial charge on any atom is 0.270 e. The molecule has 116 valence electrons. The van der Waals surface area contributed by atoms with Crippen LogP contribution in [0.3, 0.4) is 0 Å². The Balaban J connectivity index is 2.18. The number of carbonyl (C=O) groups is 1. The highest BCUT2D eigenvalue weighted by Crippen LogP contribution is 2.23. The number of aromatic nitrogens is 2. The fourth-order valence-electron chi connectivity index (χ4n) is 1.82. The number of halogens is 1. The van der Waals surface area contributed by atoms with Gasteiger partial charge in [-0.1, -0.05) is 24.6 Å². The fraction of sp³-hybridized carbons (Fsp3) is 0.312. The van der Waals surface area contributed by atoms with Gasteiger partial charge in [-0.2, -0.15) is 0 Å². The second-order valence-corrected chi connectivity index (χ2v) is 5.59. The summed E-state index contributed by atoms with van der Waals surface area (Å²) in [6, 6.07) is 7.29. The smallest absolute Gasteiger partial charge is 0.270 e. The Hall–Kier alpha value is -2.14. The molecule has 1 amide bonds. The SMILES string of the molecule is CCC(C)NC(=O)c1cc(Nc2cc(Cl)ccc2C)ncn1. The lowest BCUT2D eigenvalue weighted by atomic mass is 10.2. The van der Waals surface area contributed by atoms with Gasteiger partial charge in [-0.15, -0.1) is 0 Å². The van der Waals surface area contributed by atoms with E-state index in [1.807, 2.05) is 39.0 Å². The van der Waals surface area contributed by atoms with E-state index in [4.69, 9.17) is 11.6 Å². The first-order valence-electron chi connectivity index (χ1n) is 7.15. The average molecular weight is 319 g/mol. The van der Waals surface area contributed by atoms with Crippen LogP contribution in [0.25, 0.3) is 0 Å². The highest BCUT2D eigenvalue weighted by Gasteiger charge is 2.11. The summed E-state index contributed by atoms with van der Waals surface area (Å²) in [6.45, 7) is 5.93. The van der Waals surface area contributed by atoms with E-state index in [-0.39, 0.29) is 11.9 Å². The second kappa shape index (κ2) is 7.22. The lowest BCUT2D eigenvalue weighted by Gasteiger charge is -2.12. The molecule has 2 aromatic rings. The summed E-state index contributed by atoms with van der Waals surface area (Å²) in [6.07, 6.45) is 2.23. The Morgan fingerprint density at radius 3 is 2.82 bits per heavy atom. The van der Waals surface area contributed by atoms with E-state index in [1.165, 1.54) is 6.33 Å². The van der Waals surface area contributed by atoms with Gasteiger partial charge < -0.3 is 10.6 Å². The van der Waals surface area contributed by atoms with Gasteiger partial charge in [0.1, 0.15) is 17.8 Å². The highest BCUT2D eigenvalue weighted by molar-refractivity contribution is 6.30. The molecule has 0 bridgehead atoms. The van der Waals surface area contributed by atoms with Crippen molar-refractivity contribution in [1.29, 1.82) is 0 Å². The van der Waals surface area contributed by atoms with Crippen LogP contribution >= 0.6 is 11.6 Å². The van der Waals surface area contributed by atoms with E-state index in [9.17, 15) is 4.79 Å². The molecule has 2 N–H and O–H groups in total. The third-order valence-corrected chi connectivity index (χ3v) is 3.59. The molecule has 0 radical (unpaired) electrons. The van der Waals surface area contributed by atoms with E-state index in [2.05, 4.69) is 20.6 Å². The Labute approximate surface area is 135 Å². The Morgan fingerprint density at radius 1 is 1.32 bits per heavy atom. The minimum absolute atomic E-state index is 0.106. The predicted octanol–water partition coefficient (Wildman–Crippen LogP) is 3.71. The number of rotatable bonds is 5. The first-order chi connectivity index (χ1) is 10.5. The van der Waals surface area contributed by atoms with Crippen LogP contribution in [0.4, 0.5) is 11.5 Å². The summed E-state index contributed by atoms with van der Waals surface area (Å²) < 4.78 is 0. The van der Waals surface area contributed by atoms with Gasteiger partial charge in [0, 0.05) is 22.8 Å². The van der Waals surface area contributed by atoms with Gasteiger partial charge in [-0.3, -0.25) is 4.79 Å². The molecule has 0 aliphatic rings. The number of anilines is 2. The van der Waals surface area contributed by atoms with E-state index in [0.717, 1.165) is 17.7 Å². The maximum absolute atomic E-state index is 12.1. The molecule has 1 aromatic heterocycles. The van der Waals surface area contributed by atoms with Crippen molar-refractivity contribution in [2.75, 3.05) is 5.32 Å². The summed E-state index contributed by atoms with van der Waals surface area (Å²) >= 11 is 6.00. The molecule has 2 rings (SSSR count). The van der Waals surface area contributed by atoms with Crippen molar-refractivity contribution >= 4 is 29.0 Å². The number of nitrogens with one attached hydrogen (secondary N) is 2. The summed E-state index contributed by atoms with van der Waals surface area (Å²) in [5.74, 6) is 0.345. The zero-order valence-electron chi connectivity index (χ0n) is 12.9. The zero-order valence-corrected chi connectivity index (χ0v) is 13.6. The lowest BCUT2D eigenvalue weighted by molar-refractivity contribution is 0.0934. The number of aryl methyl sites for hydroxylation is 1. The van der Waals surface area contributed by atoms with Crippen LogP contribution in [0.15, 0.2) is 30.6 Å². The van der Waals surface area contributed by atoms with Gasteiger partial charge in [-0.05, 0) is 38.0 Å². The topological polar surface area (TPSA) is 66.9 Å². The standard InChI is InChI=1S/C16H19ClN4O/c1-4-11(3)20-16(22)14-8-15(19-9-18-14)21-13-7-12(17)6-5-10(13)2/h5-9,11H,4H2,1-3H3,(H,20,22)(H,18,19,21). The molecule has 1 heterocycles. The molecule has 0 fully saturated rings. The minimum Gasteiger partial charge on any atom is -0.348 e. The molecule has 0 saturated carbocycles. The largest absolute Gasteiger partial charge is 0.348 e. The molecular weight excluding hydrogens is 300 g/mol. The Bertz CT molecular complexity index is 675. The lowest BCUT2D eigenvalue weighted by Crippen LogP contribution is -2.32. The van der Waals surface area contributed by atoms with Crippen LogP contribution in [-0.4, -0.2) is 21.9 Å². The summed E-state index contributed by atoms with van der Waals surface area (Å²) in [5.41, 5.74) is 2.21. The number of nitrogens with zero attached hydrogens (tertiary/aromatic N) is 2. The third kappa shape index (κ3) is 4.18. The van der Waals surface area contributed by atoms with E-state index < -0.39 is 0 Å². The van der Waals surface area contributed by atoms with Crippen molar-refractivity contribution in [2.24, 2.45) is 0 Å². The monoisotopic (exact) mass is 318 g/mol. The molecule has 1 atom stereocenters. The third-order valence-electron chi connectivity index (χ3n) is 3.35. The predicted molar refractivity (Wildman–Crippen MR) is 88.7 cm³/mol. The number of hydrogen-bond donors (Lipinski definition) is 2. The molecule has 0 spiro atoms. The van der Waals surface area contributed by atoms with Crippen LogP contribution in [-0.2, 0) is 0 Å². The van der Waals surface area contributed by atoms with Gasteiger partial charge in [-0.25, -0.2) is 9.97 Å². The number of carbonyl (C=O) groups excluding carboxylic acids is 1. The van der Waals surface area contributed by atoms with Crippen LogP contribution in [0, 0.1) is 6.92 Å². The quantitative estimate of drug-likeness (QED) is 0.882. The van der Waals surface area contributed by atoms with E-state index in [1.54, 1.807) is 6.07 Å². The van der Waals surface area contributed by atoms with E-state index >= 15 is 0 Å². The van der Waals surface area contributed by atoms with Crippen molar-refractivity contribution in [3.05, 3.63) is 46.9 Å². The zero-order chi connectivity index (χ0) is 16.1. The van der Waals surface area contributed by atoms with Gasteiger partial charge in [0.25, 0.3) is 5.91 Å². The molecule has 0 saturated heterocycles. The van der Waals surface area contributed by atoms with Gasteiger partial charge >= 0.3 is 0 Å². The van der Waals surface area contributed by atoms with Crippen molar-refractivity contribution < 1.29 is 4.79 Å². The van der Waals surface area contributed by atoms with Crippen LogP contribution in [0.1, 0.15) is 36.3 Å². The first-order valence-corrected chi connectivity index (χ1v) is 7.53. The van der Waals surface area contributed by atoms with Crippen LogP contribution in [0.5, 0.6) is 0 Å². The minimum atomic E-state index is -0.206. The van der Waals surface area contributed by atoms with E-state index in [0.29, 0.717) is 16.5 Å². The highest BCUT2D eigenvalue weighted by atomic mass is 35.5. The van der Waals surface area contributed by atoms with Gasteiger partial charge in [0.2, 0.25) is 0 Å². The normalized spacial score (nSPS) is 11.8. The molecule has 6 heteroatoms.